The molecule has 2 aromatic carbocycles. The normalized spacial score (nSPS) is 13.3. The Morgan fingerprint density at radius 2 is 1.46 bits per heavy atom. The highest BCUT2D eigenvalue weighted by Crippen LogP contribution is 2.22. The van der Waals surface area contributed by atoms with Crippen molar-refractivity contribution in [1.29, 1.82) is 0 Å². The third kappa shape index (κ3) is 2.46. The molecule has 24 heavy (non-hydrogen) atoms. The van der Waals surface area contributed by atoms with Gasteiger partial charge in [-0.25, -0.2) is 0 Å². The van der Waals surface area contributed by atoms with Crippen molar-refractivity contribution in [3.63, 3.8) is 0 Å². The molecule has 4 rings (SSSR count). The highest BCUT2D eigenvalue weighted by Gasteiger charge is 2.05. The minimum Gasteiger partial charge on any atom is -0.497 e. The van der Waals surface area contributed by atoms with Gasteiger partial charge in [-0.05, 0) is 30.3 Å². The van der Waals surface area contributed by atoms with Crippen LogP contribution in [0.15, 0.2) is 52.7 Å². The van der Waals surface area contributed by atoms with Gasteiger partial charge in [-0.1, -0.05) is 34.8 Å². The van der Waals surface area contributed by atoms with Gasteiger partial charge in [0.1, 0.15) is 5.75 Å². The Balaban J connectivity index is 1.90. The molecule has 5 nitrogen and oxygen atoms in total. The van der Waals surface area contributed by atoms with Gasteiger partial charge in [-0.3, -0.25) is 0 Å². The summed E-state index contributed by atoms with van der Waals surface area (Å²) in [5, 5.41) is 8.96. The molecule has 0 radical (unpaired) electrons. The number of benzene rings is 2. The number of methoxy groups -OCH3 is 1. The van der Waals surface area contributed by atoms with Crippen molar-refractivity contribution >= 4 is 43.1 Å². The molecule has 0 aliphatic carbocycles. The van der Waals surface area contributed by atoms with E-state index in [2.05, 4.69) is 31.5 Å². The van der Waals surface area contributed by atoms with Crippen LogP contribution in [-0.4, -0.2) is 16.2 Å². The number of aryl methyl sites for hydroxylation is 2. The van der Waals surface area contributed by atoms with E-state index in [1.165, 1.54) is 10.2 Å². The fourth-order valence-corrected chi connectivity index (χ4v) is 4.57. The minimum absolute atomic E-state index is 0.851. The van der Waals surface area contributed by atoms with Crippen LogP contribution in [-0.2, 0) is 14.1 Å². The molecule has 0 fully saturated rings. The largest absolute Gasteiger partial charge is 0.497 e. The summed E-state index contributed by atoms with van der Waals surface area (Å²) < 4.78 is 11.8. The maximum Gasteiger partial charge on any atom is 0.211 e. The van der Waals surface area contributed by atoms with Crippen LogP contribution >= 0.6 is 22.7 Å². The van der Waals surface area contributed by atoms with Crippen LogP contribution in [0.1, 0.15) is 0 Å². The standard InChI is InChI=1S/C17H16N4OS2/c1-20-12-6-4-5-7-14(12)23-16(20)18-19-17-21(2)13-9-8-11(22-3)10-15(13)24-17/h4-10H,1-3H3/b18-16+,19-17+. The Labute approximate surface area is 146 Å². The average Bonchev–Trinajstić information content (AvgIpc) is 3.10. The number of ether oxygens (including phenoxy) is 1. The molecular formula is C17H16N4OS2. The number of hydrogen-bond acceptors (Lipinski definition) is 5. The summed E-state index contributed by atoms with van der Waals surface area (Å²) in [5.74, 6) is 0.851. The Kier molecular flexibility index (Phi) is 3.74. The molecule has 0 bridgehead atoms. The highest BCUT2D eigenvalue weighted by atomic mass is 32.1. The molecule has 0 saturated heterocycles. The lowest BCUT2D eigenvalue weighted by Crippen LogP contribution is -2.13. The first-order chi connectivity index (χ1) is 11.7. The Morgan fingerprint density at radius 1 is 0.833 bits per heavy atom. The van der Waals surface area contributed by atoms with E-state index >= 15 is 0 Å². The lowest BCUT2D eigenvalue weighted by Gasteiger charge is -1.99. The Bertz CT molecular complexity index is 1180. The third-order valence-corrected chi connectivity index (χ3v) is 6.14. The third-order valence-electron chi connectivity index (χ3n) is 3.95. The second-order valence-corrected chi connectivity index (χ2v) is 7.41. The summed E-state index contributed by atoms with van der Waals surface area (Å²) in [5.41, 5.74) is 2.29. The summed E-state index contributed by atoms with van der Waals surface area (Å²) in [6.45, 7) is 0. The maximum absolute atomic E-state index is 5.29. The lowest BCUT2D eigenvalue weighted by atomic mass is 10.3. The van der Waals surface area contributed by atoms with Crippen molar-refractivity contribution in [2.75, 3.05) is 7.11 Å². The van der Waals surface area contributed by atoms with Crippen molar-refractivity contribution in [2.45, 2.75) is 0 Å². The predicted octanol–water partition coefficient (Wildman–Crippen LogP) is 3.22. The molecule has 0 aliphatic heterocycles. The van der Waals surface area contributed by atoms with E-state index in [9.17, 15) is 0 Å². The first kappa shape index (κ1) is 15.2. The number of aromatic nitrogens is 2. The average molecular weight is 356 g/mol. The number of thiazole rings is 2. The molecule has 0 spiro atoms. The van der Waals surface area contributed by atoms with E-state index in [0.29, 0.717) is 0 Å². The molecule has 0 N–H and O–H groups in total. The number of nitrogens with zero attached hydrogens (tertiary/aromatic N) is 4. The van der Waals surface area contributed by atoms with Crippen molar-refractivity contribution in [3.8, 4) is 5.75 Å². The van der Waals surface area contributed by atoms with Gasteiger partial charge in [0.05, 0.1) is 27.5 Å². The SMILES string of the molecule is COc1ccc2c(c1)s/c(=N/N=c1/sc3ccccc3n1C)n2C. The molecule has 7 heteroatoms. The fraction of sp³-hybridized carbons (Fsp3) is 0.176. The quantitative estimate of drug-likeness (QED) is 0.509. The molecule has 2 aromatic heterocycles. The van der Waals surface area contributed by atoms with E-state index in [-0.39, 0.29) is 0 Å². The van der Waals surface area contributed by atoms with Gasteiger partial charge in [-0.2, -0.15) is 0 Å². The smallest absolute Gasteiger partial charge is 0.211 e. The van der Waals surface area contributed by atoms with E-state index in [1.54, 1.807) is 29.8 Å². The zero-order chi connectivity index (χ0) is 16.7. The van der Waals surface area contributed by atoms with Gasteiger partial charge in [0.15, 0.2) is 0 Å². The number of rotatable bonds is 2. The van der Waals surface area contributed by atoms with Gasteiger partial charge in [0, 0.05) is 14.1 Å². The highest BCUT2D eigenvalue weighted by molar-refractivity contribution is 7.16. The van der Waals surface area contributed by atoms with E-state index < -0.39 is 0 Å². The number of para-hydroxylation sites is 1. The van der Waals surface area contributed by atoms with Gasteiger partial charge in [-0.15, -0.1) is 10.2 Å². The van der Waals surface area contributed by atoms with Crippen LogP contribution in [0, 0.1) is 0 Å². The van der Waals surface area contributed by atoms with Gasteiger partial charge in [0.25, 0.3) is 0 Å². The van der Waals surface area contributed by atoms with Crippen LogP contribution in [0.4, 0.5) is 0 Å². The monoisotopic (exact) mass is 356 g/mol. The molecule has 0 atom stereocenters. The zero-order valence-corrected chi connectivity index (χ0v) is 15.2. The minimum atomic E-state index is 0.851. The number of fused-ring (bicyclic) bond motifs is 2. The van der Waals surface area contributed by atoms with E-state index in [1.807, 2.05) is 44.4 Å². The Morgan fingerprint density at radius 3 is 2.12 bits per heavy atom. The molecule has 4 aromatic rings. The summed E-state index contributed by atoms with van der Waals surface area (Å²) >= 11 is 3.24. The number of hydrogen-bond donors (Lipinski definition) is 0. The van der Waals surface area contributed by atoms with Gasteiger partial charge in [0.2, 0.25) is 9.60 Å². The maximum atomic E-state index is 5.29. The van der Waals surface area contributed by atoms with Crippen molar-refractivity contribution in [2.24, 2.45) is 24.3 Å². The van der Waals surface area contributed by atoms with Crippen LogP contribution in [0.5, 0.6) is 5.75 Å². The van der Waals surface area contributed by atoms with Crippen molar-refractivity contribution < 1.29 is 4.74 Å². The van der Waals surface area contributed by atoms with Gasteiger partial charge < -0.3 is 13.9 Å². The first-order valence-corrected chi connectivity index (χ1v) is 9.06. The summed E-state index contributed by atoms with van der Waals surface area (Å²) in [6, 6.07) is 14.3. The molecular weight excluding hydrogens is 340 g/mol. The predicted molar refractivity (Wildman–Crippen MR) is 99.3 cm³/mol. The molecule has 0 amide bonds. The molecule has 122 valence electrons. The van der Waals surface area contributed by atoms with Crippen molar-refractivity contribution in [3.05, 3.63) is 52.1 Å². The topological polar surface area (TPSA) is 43.8 Å². The summed E-state index contributed by atoms with van der Waals surface area (Å²) in [4.78, 5) is 1.74. The molecule has 0 saturated carbocycles. The second kappa shape index (κ2) is 5.92. The van der Waals surface area contributed by atoms with E-state index in [0.717, 1.165) is 25.6 Å². The second-order valence-electron chi connectivity index (χ2n) is 5.39. The molecule has 0 aliphatic rings. The van der Waals surface area contributed by atoms with Crippen LogP contribution in [0.2, 0.25) is 0 Å². The van der Waals surface area contributed by atoms with Gasteiger partial charge >= 0.3 is 0 Å². The summed E-state index contributed by atoms with van der Waals surface area (Å²) in [7, 11) is 5.70. The Hall–Kier alpha value is -2.38. The van der Waals surface area contributed by atoms with Crippen LogP contribution in [0.3, 0.4) is 0 Å². The molecule has 2 heterocycles. The zero-order valence-electron chi connectivity index (χ0n) is 13.6. The first-order valence-electron chi connectivity index (χ1n) is 7.43. The van der Waals surface area contributed by atoms with Crippen LogP contribution < -0.4 is 14.3 Å². The van der Waals surface area contributed by atoms with E-state index in [4.69, 9.17) is 4.74 Å². The van der Waals surface area contributed by atoms with Crippen molar-refractivity contribution in [1.82, 2.24) is 9.13 Å². The summed E-state index contributed by atoms with van der Waals surface area (Å²) in [6.07, 6.45) is 0. The molecule has 0 unspecified atom stereocenters. The lowest BCUT2D eigenvalue weighted by molar-refractivity contribution is 0.415. The van der Waals surface area contributed by atoms with Crippen LogP contribution in [0.25, 0.3) is 20.4 Å². The fourth-order valence-electron chi connectivity index (χ4n) is 2.60.